The molecule has 0 amide bonds. The van der Waals surface area contributed by atoms with Crippen molar-refractivity contribution in [1.29, 1.82) is 0 Å². The van der Waals surface area contributed by atoms with Gasteiger partial charge in [0.2, 0.25) is 0 Å². The molecule has 5 nitrogen and oxygen atoms in total. The summed E-state index contributed by atoms with van der Waals surface area (Å²) in [4.78, 5) is 24.7. The van der Waals surface area contributed by atoms with Crippen molar-refractivity contribution in [1.82, 2.24) is 0 Å². The lowest BCUT2D eigenvalue weighted by atomic mass is 9.73. The molecule has 32 heavy (non-hydrogen) atoms. The Morgan fingerprint density at radius 3 is 1.81 bits per heavy atom. The molecule has 1 saturated carbocycles. The Labute approximate surface area is 183 Å². The first-order chi connectivity index (χ1) is 14.9. The predicted octanol–water partition coefficient (Wildman–Crippen LogP) is 6.04. The normalized spacial score (nSPS) is 17.1. The Bertz CT molecular complexity index is 1010. The molecule has 170 valence electrons. The van der Waals surface area contributed by atoms with E-state index in [1.54, 1.807) is 24.3 Å². The number of carbonyl (C=O) groups is 2. The Balaban J connectivity index is 1.66. The van der Waals surface area contributed by atoms with Crippen LogP contribution in [-0.4, -0.2) is 22.8 Å². The molecule has 1 fully saturated rings. The van der Waals surface area contributed by atoms with E-state index in [-0.39, 0.29) is 24.2 Å². The van der Waals surface area contributed by atoms with Crippen molar-refractivity contribution in [2.24, 2.45) is 5.41 Å². The lowest BCUT2D eigenvalue weighted by molar-refractivity contribution is -0.137. The van der Waals surface area contributed by atoms with Crippen LogP contribution in [0.2, 0.25) is 0 Å². The predicted molar refractivity (Wildman–Crippen MR) is 111 cm³/mol. The molecule has 8 heteroatoms. The van der Waals surface area contributed by atoms with Gasteiger partial charge in [0.25, 0.3) is 0 Å². The molecule has 3 rings (SSSR count). The lowest BCUT2D eigenvalue weighted by Crippen LogP contribution is -2.34. The zero-order valence-electron chi connectivity index (χ0n) is 17.8. The summed E-state index contributed by atoms with van der Waals surface area (Å²) >= 11 is 0. The summed E-state index contributed by atoms with van der Waals surface area (Å²) in [5.74, 6) is -0.258. The highest BCUT2D eigenvalue weighted by Gasteiger charge is 2.38. The minimum atomic E-state index is -4.42. The number of hydrogen-bond donors (Lipinski definition) is 1. The number of ether oxygens (including phenoxy) is 2. The molecular formula is C24H23F3O5. The molecule has 1 atom stereocenters. The van der Waals surface area contributed by atoms with Crippen LogP contribution >= 0.6 is 0 Å². The van der Waals surface area contributed by atoms with Crippen molar-refractivity contribution in [3.8, 4) is 17.2 Å². The summed E-state index contributed by atoms with van der Waals surface area (Å²) in [5, 5.41) is 10.5. The third-order valence-electron chi connectivity index (χ3n) is 5.03. The summed E-state index contributed by atoms with van der Waals surface area (Å²) < 4.78 is 49.1. The van der Waals surface area contributed by atoms with E-state index in [1.165, 1.54) is 19.1 Å². The third-order valence-corrected chi connectivity index (χ3v) is 5.03. The molecule has 1 unspecified atom stereocenters. The summed E-state index contributed by atoms with van der Waals surface area (Å²) in [5.41, 5.74) is -1.42. The van der Waals surface area contributed by atoms with Crippen LogP contribution in [0.15, 0.2) is 59.9 Å². The molecular weight excluding hydrogens is 425 g/mol. The number of aliphatic hydroxyl groups excluding tert-OH is 1. The number of benzene rings is 2. The highest BCUT2D eigenvalue weighted by atomic mass is 19.4. The number of carbonyl (C=O) groups excluding carboxylic acids is 2. The van der Waals surface area contributed by atoms with Crippen LogP contribution in [0.1, 0.15) is 39.2 Å². The molecule has 1 N–H and O–H groups in total. The third kappa shape index (κ3) is 5.49. The van der Waals surface area contributed by atoms with Gasteiger partial charge in [0.15, 0.2) is 17.7 Å². The summed E-state index contributed by atoms with van der Waals surface area (Å²) in [7, 11) is 0. The maximum absolute atomic E-state index is 12.6. The van der Waals surface area contributed by atoms with E-state index < -0.39 is 40.6 Å². The van der Waals surface area contributed by atoms with Gasteiger partial charge in [-0.15, -0.1) is 0 Å². The fraction of sp³-hybridized carbons (Fsp3) is 0.333. The molecule has 1 aliphatic carbocycles. The summed E-state index contributed by atoms with van der Waals surface area (Å²) in [6.45, 7) is 5.17. The summed E-state index contributed by atoms with van der Waals surface area (Å²) in [6.07, 6.45) is -5.01. The maximum atomic E-state index is 12.6. The largest absolute Gasteiger partial charge is 0.507 e. The molecule has 0 radical (unpaired) electrons. The topological polar surface area (TPSA) is 72.8 Å². The zero-order valence-corrected chi connectivity index (χ0v) is 17.8. The fourth-order valence-electron chi connectivity index (χ4n) is 3.45. The van der Waals surface area contributed by atoms with Gasteiger partial charge in [0.05, 0.1) is 5.56 Å². The van der Waals surface area contributed by atoms with E-state index in [0.717, 1.165) is 12.1 Å². The van der Waals surface area contributed by atoms with Crippen molar-refractivity contribution in [2.45, 2.75) is 45.9 Å². The standard InChI is InChI=1S/C24H23F3O5/c1-14(22(30)21-19(28)12-23(2,3)13-20(21)29)31-16-8-10-18(11-9-16)32-17-6-4-15(5-7-17)24(25,26)27/h4-11,14,30H,12-13H2,1-3H3. The van der Waals surface area contributed by atoms with E-state index >= 15 is 0 Å². The first-order valence-electron chi connectivity index (χ1n) is 9.97. The number of aliphatic hydroxyl groups is 1. The van der Waals surface area contributed by atoms with E-state index in [4.69, 9.17) is 9.47 Å². The molecule has 2 aromatic rings. The van der Waals surface area contributed by atoms with Gasteiger partial charge in [0.1, 0.15) is 28.6 Å². The number of Topliss-reactive ketones (excluding diaryl/α,β-unsaturated/α-hetero) is 2. The van der Waals surface area contributed by atoms with Crippen molar-refractivity contribution in [2.75, 3.05) is 0 Å². The van der Waals surface area contributed by atoms with E-state index in [2.05, 4.69) is 0 Å². The fourth-order valence-corrected chi connectivity index (χ4v) is 3.45. The quantitative estimate of drug-likeness (QED) is 0.343. The lowest BCUT2D eigenvalue weighted by Gasteiger charge is -2.29. The molecule has 0 spiro atoms. The number of alkyl halides is 3. The van der Waals surface area contributed by atoms with Gasteiger partial charge in [-0.25, -0.2) is 0 Å². The van der Waals surface area contributed by atoms with Gasteiger partial charge >= 0.3 is 6.18 Å². The number of rotatable bonds is 5. The van der Waals surface area contributed by atoms with E-state index in [0.29, 0.717) is 11.5 Å². The van der Waals surface area contributed by atoms with Crippen LogP contribution in [0.4, 0.5) is 13.2 Å². The molecule has 0 aliphatic heterocycles. The highest BCUT2D eigenvalue weighted by Crippen LogP contribution is 2.35. The van der Waals surface area contributed by atoms with Crippen LogP contribution in [0.5, 0.6) is 17.2 Å². The van der Waals surface area contributed by atoms with Crippen LogP contribution in [0.3, 0.4) is 0 Å². The van der Waals surface area contributed by atoms with Crippen LogP contribution in [-0.2, 0) is 15.8 Å². The molecule has 0 heterocycles. The minimum absolute atomic E-state index is 0.167. The first kappa shape index (κ1) is 23.4. The first-order valence-corrected chi connectivity index (χ1v) is 9.97. The van der Waals surface area contributed by atoms with Crippen molar-refractivity contribution >= 4 is 11.6 Å². The molecule has 0 aromatic heterocycles. The van der Waals surface area contributed by atoms with E-state index in [9.17, 15) is 27.9 Å². The number of ketones is 2. The highest BCUT2D eigenvalue weighted by molar-refractivity contribution is 6.22. The molecule has 0 saturated heterocycles. The van der Waals surface area contributed by atoms with Crippen molar-refractivity contribution in [3.63, 3.8) is 0 Å². The van der Waals surface area contributed by atoms with Crippen LogP contribution < -0.4 is 9.47 Å². The average Bonchev–Trinajstić information content (AvgIpc) is 2.67. The second kappa shape index (κ2) is 8.68. The van der Waals surface area contributed by atoms with Crippen molar-refractivity contribution < 1.29 is 37.3 Å². The second-order valence-electron chi connectivity index (χ2n) is 8.48. The van der Waals surface area contributed by atoms with Gasteiger partial charge in [-0.3, -0.25) is 9.59 Å². The number of halogens is 3. The van der Waals surface area contributed by atoms with Crippen LogP contribution in [0.25, 0.3) is 0 Å². The van der Waals surface area contributed by atoms with Crippen molar-refractivity contribution in [3.05, 3.63) is 65.4 Å². The average molecular weight is 448 g/mol. The maximum Gasteiger partial charge on any atom is 0.416 e. The Morgan fingerprint density at radius 1 is 0.906 bits per heavy atom. The van der Waals surface area contributed by atoms with Gasteiger partial charge in [-0.1, -0.05) is 13.8 Å². The smallest absolute Gasteiger partial charge is 0.416 e. The van der Waals surface area contributed by atoms with Gasteiger partial charge in [0, 0.05) is 12.8 Å². The monoisotopic (exact) mass is 448 g/mol. The van der Waals surface area contributed by atoms with Gasteiger partial charge < -0.3 is 14.6 Å². The Morgan fingerprint density at radius 2 is 1.34 bits per heavy atom. The molecule has 0 bridgehead atoms. The van der Waals surface area contributed by atoms with Gasteiger partial charge in [-0.05, 0) is 60.9 Å². The molecule has 1 aliphatic rings. The second-order valence-corrected chi connectivity index (χ2v) is 8.48. The Kier molecular flexibility index (Phi) is 6.34. The Hall–Kier alpha value is -3.29. The number of hydrogen-bond acceptors (Lipinski definition) is 5. The molecule has 2 aromatic carbocycles. The van der Waals surface area contributed by atoms with E-state index in [1.807, 2.05) is 13.8 Å². The summed E-state index contributed by atoms with van der Waals surface area (Å²) in [6, 6.07) is 10.5. The van der Waals surface area contributed by atoms with Gasteiger partial charge in [-0.2, -0.15) is 13.2 Å². The minimum Gasteiger partial charge on any atom is -0.507 e. The SMILES string of the molecule is CC(Oc1ccc(Oc2ccc(C(F)(F)F)cc2)cc1)C(O)=C1C(=O)CC(C)(C)CC1=O. The zero-order chi connectivity index (χ0) is 23.7. The number of allylic oxidation sites excluding steroid dienone is 1. The van der Waals surface area contributed by atoms with Crippen LogP contribution in [0, 0.1) is 5.41 Å².